The summed E-state index contributed by atoms with van der Waals surface area (Å²) in [6.07, 6.45) is 0. The van der Waals surface area contributed by atoms with E-state index in [4.69, 9.17) is 27.9 Å². The van der Waals surface area contributed by atoms with E-state index >= 15 is 0 Å². The number of fused-ring (bicyclic) bond motifs is 1. The molecule has 0 aromatic heterocycles. The van der Waals surface area contributed by atoms with Crippen LogP contribution in [0.25, 0.3) is 0 Å². The Morgan fingerprint density at radius 1 is 1.17 bits per heavy atom. The predicted octanol–water partition coefficient (Wildman–Crippen LogP) is 2.93. The third-order valence-corrected chi connectivity index (χ3v) is 6.13. The summed E-state index contributed by atoms with van der Waals surface area (Å²) in [4.78, 5) is 40.2. The number of hydrogen-bond donors (Lipinski definition) is 1. The van der Waals surface area contributed by atoms with Crippen LogP contribution in [0.1, 0.15) is 18.1 Å². The van der Waals surface area contributed by atoms with Crippen LogP contribution in [-0.4, -0.2) is 35.3 Å². The van der Waals surface area contributed by atoms with Crippen molar-refractivity contribution in [2.24, 2.45) is 11.0 Å². The summed E-state index contributed by atoms with van der Waals surface area (Å²) < 4.78 is 5.14. The number of rotatable bonds is 5. The van der Waals surface area contributed by atoms with E-state index in [9.17, 15) is 14.4 Å². The lowest BCUT2D eigenvalue weighted by molar-refractivity contribution is -0.141. The predicted molar refractivity (Wildman–Crippen MR) is 111 cm³/mol. The van der Waals surface area contributed by atoms with Gasteiger partial charge in [-0.15, -0.1) is 0 Å². The average Bonchev–Trinajstić information content (AvgIpc) is 3.23. The molecule has 1 fully saturated rings. The number of carbonyl (C=O) groups is 3. The first-order valence-corrected chi connectivity index (χ1v) is 9.85. The fourth-order valence-corrected chi connectivity index (χ4v) is 4.16. The van der Waals surface area contributed by atoms with E-state index in [-0.39, 0.29) is 23.1 Å². The topological polar surface area (TPSA) is 88.1 Å². The fourth-order valence-electron chi connectivity index (χ4n) is 3.87. The van der Waals surface area contributed by atoms with Crippen LogP contribution in [0.3, 0.4) is 0 Å². The van der Waals surface area contributed by atoms with Crippen LogP contribution in [0.5, 0.6) is 5.75 Å². The summed E-state index contributed by atoms with van der Waals surface area (Å²) >= 11 is 12.2. The van der Waals surface area contributed by atoms with Crippen molar-refractivity contribution in [1.29, 1.82) is 0 Å². The summed E-state index contributed by atoms with van der Waals surface area (Å²) in [5.74, 6) is -1.82. The normalized spacial score (nSPS) is 22.6. The second-order valence-corrected chi connectivity index (χ2v) is 7.93. The van der Waals surface area contributed by atoms with E-state index in [0.717, 1.165) is 10.5 Å². The van der Waals surface area contributed by atoms with Gasteiger partial charge < -0.3 is 4.74 Å². The molecule has 7 nitrogen and oxygen atoms in total. The maximum atomic E-state index is 13.6. The van der Waals surface area contributed by atoms with Gasteiger partial charge in [0.15, 0.2) is 11.3 Å². The van der Waals surface area contributed by atoms with E-state index in [2.05, 4.69) is 10.5 Å². The quantitative estimate of drug-likeness (QED) is 0.714. The highest BCUT2D eigenvalue weighted by molar-refractivity contribution is 6.46. The van der Waals surface area contributed by atoms with Gasteiger partial charge in [-0.1, -0.05) is 41.4 Å². The maximum Gasteiger partial charge on any atom is 0.262 e. The Labute approximate surface area is 182 Å². The standard InChI is InChI=1S/C21H17Cl2N3O4/c1-11(27)18-17-19(28)26(10-12-3-6-14(30-2)7-4-12)20(29)21(17,25-24-18)13-5-8-15(22)16(23)9-13/h3-9,17,25H,10H2,1-2H3. The smallest absolute Gasteiger partial charge is 0.262 e. The third-order valence-electron chi connectivity index (χ3n) is 5.39. The molecule has 2 heterocycles. The number of Topliss-reactive ketones (excluding diaryl/α,β-unsaturated/α-hetero) is 1. The number of likely N-dealkylation sites (tertiary alicyclic amines) is 1. The molecule has 1 N–H and O–H groups in total. The molecule has 4 rings (SSSR count). The highest BCUT2D eigenvalue weighted by atomic mass is 35.5. The number of hydrazone groups is 1. The summed E-state index contributed by atoms with van der Waals surface area (Å²) in [7, 11) is 1.55. The van der Waals surface area contributed by atoms with Crippen molar-refractivity contribution in [3.05, 3.63) is 63.6 Å². The monoisotopic (exact) mass is 445 g/mol. The summed E-state index contributed by atoms with van der Waals surface area (Å²) in [6.45, 7) is 1.36. The minimum absolute atomic E-state index is 0.0108. The Bertz CT molecular complexity index is 1100. The third kappa shape index (κ3) is 2.97. The highest BCUT2D eigenvalue weighted by Crippen LogP contribution is 2.45. The molecule has 2 atom stereocenters. The number of halogens is 2. The zero-order chi connectivity index (χ0) is 21.6. The van der Waals surface area contributed by atoms with Gasteiger partial charge >= 0.3 is 0 Å². The molecule has 0 radical (unpaired) electrons. The summed E-state index contributed by atoms with van der Waals surface area (Å²) in [5.41, 5.74) is 2.40. The Balaban J connectivity index is 1.78. The number of methoxy groups -OCH3 is 1. The zero-order valence-electron chi connectivity index (χ0n) is 16.1. The van der Waals surface area contributed by atoms with Crippen molar-refractivity contribution in [3.8, 4) is 5.75 Å². The van der Waals surface area contributed by atoms with E-state index in [1.807, 2.05) is 0 Å². The molecule has 0 bridgehead atoms. The van der Waals surface area contributed by atoms with Crippen LogP contribution < -0.4 is 10.2 Å². The van der Waals surface area contributed by atoms with Gasteiger partial charge in [0.05, 0.1) is 23.7 Å². The largest absolute Gasteiger partial charge is 0.497 e. The summed E-state index contributed by atoms with van der Waals surface area (Å²) in [6, 6.07) is 11.7. The van der Waals surface area contributed by atoms with Crippen LogP contribution in [0.2, 0.25) is 10.0 Å². The second-order valence-electron chi connectivity index (χ2n) is 7.11. The van der Waals surface area contributed by atoms with E-state index in [1.54, 1.807) is 43.5 Å². The molecule has 1 saturated heterocycles. The molecule has 30 heavy (non-hydrogen) atoms. The molecular formula is C21H17Cl2N3O4. The lowest BCUT2D eigenvalue weighted by Gasteiger charge is -2.26. The van der Waals surface area contributed by atoms with E-state index in [1.165, 1.54) is 13.0 Å². The van der Waals surface area contributed by atoms with Gasteiger partial charge in [-0.2, -0.15) is 5.10 Å². The number of hydrogen-bond acceptors (Lipinski definition) is 6. The minimum atomic E-state index is -1.54. The van der Waals surface area contributed by atoms with Crippen LogP contribution in [0, 0.1) is 5.92 Å². The molecular weight excluding hydrogens is 429 g/mol. The second kappa shape index (κ2) is 7.41. The molecule has 0 aliphatic carbocycles. The molecule has 2 unspecified atom stereocenters. The van der Waals surface area contributed by atoms with Crippen LogP contribution in [0.4, 0.5) is 0 Å². The molecule has 154 valence electrons. The van der Waals surface area contributed by atoms with Gasteiger partial charge in [-0.25, -0.2) is 0 Å². The van der Waals surface area contributed by atoms with Gasteiger partial charge in [-0.3, -0.25) is 24.7 Å². The number of ether oxygens (including phenoxy) is 1. The van der Waals surface area contributed by atoms with Gasteiger partial charge in [0.1, 0.15) is 17.4 Å². The van der Waals surface area contributed by atoms with E-state index < -0.39 is 23.3 Å². The fraction of sp³-hybridized carbons (Fsp3) is 0.238. The minimum Gasteiger partial charge on any atom is -0.497 e. The molecule has 2 aromatic carbocycles. The number of nitrogens with zero attached hydrogens (tertiary/aromatic N) is 2. The molecule has 2 amide bonds. The van der Waals surface area contributed by atoms with Crippen molar-refractivity contribution in [2.75, 3.05) is 7.11 Å². The van der Waals surface area contributed by atoms with Gasteiger partial charge in [0, 0.05) is 6.92 Å². The Kier molecular flexibility index (Phi) is 5.03. The van der Waals surface area contributed by atoms with Gasteiger partial charge in [0.25, 0.3) is 5.91 Å². The average molecular weight is 446 g/mol. The molecule has 2 aromatic rings. The van der Waals surface area contributed by atoms with Crippen molar-refractivity contribution in [1.82, 2.24) is 10.3 Å². The summed E-state index contributed by atoms with van der Waals surface area (Å²) in [5, 5.41) is 4.58. The Morgan fingerprint density at radius 3 is 2.47 bits per heavy atom. The molecule has 9 heteroatoms. The number of carbonyl (C=O) groups excluding carboxylic acids is 3. The molecule has 0 saturated carbocycles. The number of benzene rings is 2. The van der Waals surface area contributed by atoms with Crippen molar-refractivity contribution >= 4 is 46.5 Å². The molecule has 2 aliphatic heterocycles. The molecule has 2 aliphatic rings. The van der Waals surface area contributed by atoms with Gasteiger partial charge in [0.2, 0.25) is 5.91 Å². The first-order valence-electron chi connectivity index (χ1n) is 9.09. The highest BCUT2D eigenvalue weighted by Gasteiger charge is 2.65. The van der Waals surface area contributed by atoms with Crippen LogP contribution in [-0.2, 0) is 26.5 Å². The molecule has 0 spiro atoms. The van der Waals surface area contributed by atoms with Gasteiger partial charge in [-0.05, 0) is 35.4 Å². The first-order chi connectivity index (χ1) is 14.3. The Morgan fingerprint density at radius 2 is 1.87 bits per heavy atom. The van der Waals surface area contributed by atoms with Crippen LogP contribution >= 0.6 is 23.2 Å². The van der Waals surface area contributed by atoms with Crippen molar-refractivity contribution in [2.45, 2.75) is 19.0 Å². The van der Waals surface area contributed by atoms with Crippen molar-refractivity contribution in [3.63, 3.8) is 0 Å². The lowest BCUT2D eigenvalue weighted by atomic mass is 9.78. The van der Waals surface area contributed by atoms with E-state index in [0.29, 0.717) is 16.3 Å². The van der Waals surface area contributed by atoms with Crippen molar-refractivity contribution < 1.29 is 19.1 Å². The first kappa shape index (κ1) is 20.4. The number of imide groups is 1. The zero-order valence-corrected chi connectivity index (χ0v) is 17.6. The number of nitrogens with one attached hydrogen (secondary N) is 1. The van der Waals surface area contributed by atoms with Crippen LogP contribution in [0.15, 0.2) is 47.6 Å². The maximum absolute atomic E-state index is 13.6. The lowest BCUT2D eigenvalue weighted by Crippen LogP contribution is -2.48. The SMILES string of the molecule is COc1ccc(CN2C(=O)C3C(C(C)=O)=NNC3(c3ccc(Cl)c(Cl)c3)C2=O)cc1. The number of ketones is 1. The number of amides is 2. The Hall–Kier alpha value is -2.90.